The molecule has 4 rings (SSSR count). The predicted octanol–water partition coefficient (Wildman–Crippen LogP) is 2.04. The second-order valence-corrected chi connectivity index (χ2v) is 9.54. The van der Waals surface area contributed by atoms with Crippen LogP contribution in [-0.4, -0.2) is 57.5 Å². The first-order chi connectivity index (χ1) is 15.4. The Balaban J connectivity index is 1.40. The number of anilines is 1. The minimum Gasteiger partial charge on any atom is -0.485 e. The fraction of sp³-hybridized carbons (Fsp3) is 0.364. The largest absolute Gasteiger partial charge is 0.485 e. The average molecular weight is 461 g/mol. The second kappa shape index (κ2) is 9.17. The summed E-state index contributed by atoms with van der Waals surface area (Å²) in [6, 6.07) is 13.0. The number of methoxy groups -OCH3 is 1. The number of carbonyl (C=O) groups excluding carboxylic acids is 2. The number of ether oxygens (including phenoxy) is 3. The van der Waals surface area contributed by atoms with E-state index in [0.717, 1.165) is 0 Å². The maximum atomic E-state index is 13.0. The highest BCUT2D eigenvalue weighted by molar-refractivity contribution is 7.89. The van der Waals surface area contributed by atoms with Crippen molar-refractivity contribution in [2.24, 2.45) is 5.92 Å². The van der Waals surface area contributed by atoms with E-state index in [9.17, 15) is 18.0 Å². The molecule has 170 valence electrons. The van der Waals surface area contributed by atoms with E-state index in [4.69, 9.17) is 14.2 Å². The number of carbonyl (C=O) groups is 2. The molecule has 9 nitrogen and oxygen atoms in total. The fourth-order valence-electron chi connectivity index (χ4n) is 3.75. The van der Waals surface area contributed by atoms with Crippen molar-refractivity contribution in [1.29, 1.82) is 0 Å². The van der Waals surface area contributed by atoms with Gasteiger partial charge in [0, 0.05) is 18.8 Å². The molecule has 0 aromatic heterocycles. The molecule has 2 aliphatic heterocycles. The standard InChI is InChI=1S/C22H24N2O7S/c1-29-22(26)15-5-4-12-24(13-15)32(27,28)17-10-8-16(9-11-17)23-21(25)20-14-30-18-6-2-3-7-19(18)31-20/h2-3,6-11,15,20H,4-5,12-14H2,1H3,(H,23,25)/t15-,20-/m0/s1. The van der Waals surface area contributed by atoms with E-state index in [1.807, 2.05) is 6.07 Å². The number of nitrogens with zero attached hydrogens (tertiary/aromatic N) is 1. The van der Waals surface area contributed by atoms with Gasteiger partial charge in [-0.15, -0.1) is 0 Å². The van der Waals surface area contributed by atoms with E-state index in [2.05, 4.69) is 5.32 Å². The monoisotopic (exact) mass is 460 g/mol. The van der Waals surface area contributed by atoms with E-state index in [0.29, 0.717) is 36.6 Å². The van der Waals surface area contributed by atoms with Gasteiger partial charge in [0.1, 0.15) is 6.61 Å². The fourth-order valence-corrected chi connectivity index (χ4v) is 5.27. The lowest BCUT2D eigenvalue weighted by molar-refractivity contribution is -0.146. The highest BCUT2D eigenvalue weighted by Gasteiger charge is 2.34. The van der Waals surface area contributed by atoms with Gasteiger partial charge in [-0.2, -0.15) is 4.31 Å². The molecule has 2 aliphatic rings. The van der Waals surface area contributed by atoms with Gasteiger partial charge in [-0.1, -0.05) is 12.1 Å². The summed E-state index contributed by atoms with van der Waals surface area (Å²) in [7, 11) is -2.47. The van der Waals surface area contributed by atoms with Gasteiger partial charge < -0.3 is 19.5 Å². The number of nitrogens with one attached hydrogen (secondary N) is 1. The zero-order valence-corrected chi connectivity index (χ0v) is 18.3. The van der Waals surface area contributed by atoms with Gasteiger partial charge in [0.15, 0.2) is 11.5 Å². The first-order valence-corrected chi connectivity index (χ1v) is 11.7. The smallest absolute Gasteiger partial charge is 0.309 e. The lowest BCUT2D eigenvalue weighted by atomic mass is 10.0. The van der Waals surface area contributed by atoms with Crippen molar-refractivity contribution in [2.75, 3.05) is 32.1 Å². The zero-order chi connectivity index (χ0) is 22.7. The Morgan fingerprint density at radius 3 is 2.53 bits per heavy atom. The molecule has 0 unspecified atom stereocenters. The summed E-state index contributed by atoms with van der Waals surface area (Å²) in [6.07, 6.45) is 0.359. The molecule has 2 heterocycles. The predicted molar refractivity (Wildman–Crippen MR) is 115 cm³/mol. The van der Waals surface area contributed by atoms with Crippen molar-refractivity contribution in [3.8, 4) is 11.5 Å². The van der Waals surface area contributed by atoms with Crippen LogP contribution >= 0.6 is 0 Å². The number of hydrogen-bond acceptors (Lipinski definition) is 7. The third kappa shape index (κ3) is 4.56. The van der Waals surface area contributed by atoms with Gasteiger partial charge in [0.25, 0.3) is 5.91 Å². The first kappa shape index (κ1) is 22.1. The molecule has 10 heteroatoms. The molecule has 0 aliphatic carbocycles. The van der Waals surface area contributed by atoms with Gasteiger partial charge in [0.2, 0.25) is 16.1 Å². The van der Waals surface area contributed by atoms with E-state index in [1.54, 1.807) is 18.2 Å². The van der Waals surface area contributed by atoms with Gasteiger partial charge in [0.05, 0.1) is 17.9 Å². The van der Waals surface area contributed by atoms with Crippen molar-refractivity contribution in [1.82, 2.24) is 4.31 Å². The van der Waals surface area contributed by atoms with Gasteiger partial charge >= 0.3 is 5.97 Å². The van der Waals surface area contributed by atoms with Gasteiger partial charge in [-0.05, 0) is 49.2 Å². The van der Waals surface area contributed by atoms with Crippen LogP contribution in [0.1, 0.15) is 12.8 Å². The normalized spacial score (nSPS) is 20.9. The van der Waals surface area contributed by atoms with Crippen LogP contribution in [0.15, 0.2) is 53.4 Å². The third-order valence-electron chi connectivity index (χ3n) is 5.48. The number of rotatable bonds is 5. The summed E-state index contributed by atoms with van der Waals surface area (Å²) >= 11 is 0. The minimum atomic E-state index is -3.77. The van der Waals surface area contributed by atoms with E-state index in [-0.39, 0.29) is 18.0 Å². The maximum absolute atomic E-state index is 13.0. The first-order valence-electron chi connectivity index (χ1n) is 10.3. The molecule has 32 heavy (non-hydrogen) atoms. The molecule has 2 atom stereocenters. The summed E-state index contributed by atoms with van der Waals surface area (Å²) in [5.41, 5.74) is 0.433. The number of sulfonamides is 1. The Bertz CT molecular complexity index is 1100. The molecule has 1 N–H and O–H groups in total. The van der Waals surface area contributed by atoms with Crippen LogP contribution in [0.3, 0.4) is 0 Å². The van der Waals surface area contributed by atoms with E-state index >= 15 is 0 Å². The van der Waals surface area contributed by atoms with Crippen LogP contribution in [0, 0.1) is 5.92 Å². The van der Waals surface area contributed by atoms with Crippen molar-refractivity contribution in [3.63, 3.8) is 0 Å². The number of amides is 1. The molecule has 2 aromatic rings. The van der Waals surface area contributed by atoms with Crippen molar-refractivity contribution in [2.45, 2.75) is 23.8 Å². The third-order valence-corrected chi connectivity index (χ3v) is 7.36. The Kier molecular flexibility index (Phi) is 6.33. The van der Waals surface area contributed by atoms with Crippen LogP contribution in [0.25, 0.3) is 0 Å². The molecule has 1 amide bonds. The summed E-state index contributed by atoms with van der Waals surface area (Å²) in [5, 5.41) is 2.72. The molecule has 0 saturated carbocycles. The summed E-state index contributed by atoms with van der Waals surface area (Å²) in [6.45, 7) is 0.508. The molecule has 1 saturated heterocycles. The van der Waals surface area contributed by atoms with Crippen LogP contribution in [-0.2, 0) is 24.3 Å². The number of fused-ring (bicyclic) bond motifs is 1. The summed E-state index contributed by atoms with van der Waals surface area (Å²) < 4.78 is 43.3. The number of para-hydroxylation sites is 2. The number of hydrogen-bond donors (Lipinski definition) is 1. The number of benzene rings is 2. The molecule has 0 radical (unpaired) electrons. The topological polar surface area (TPSA) is 111 Å². The summed E-state index contributed by atoms with van der Waals surface area (Å²) in [4.78, 5) is 24.5. The quantitative estimate of drug-likeness (QED) is 0.680. The van der Waals surface area contributed by atoms with E-state index < -0.39 is 33.9 Å². The highest BCUT2D eigenvalue weighted by Crippen LogP contribution is 2.31. The van der Waals surface area contributed by atoms with Crippen LogP contribution in [0.5, 0.6) is 11.5 Å². The van der Waals surface area contributed by atoms with Crippen molar-refractivity contribution < 1.29 is 32.2 Å². The Morgan fingerprint density at radius 1 is 1.09 bits per heavy atom. The molecule has 0 spiro atoms. The Hall–Kier alpha value is -3.11. The zero-order valence-electron chi connectivity index (χ0n) is 17.5. The summed E-state index contributed by atoms with van der Waals surface area (Å²) in [5.74, 6) is -0.193. The maximum Gasteiger partial charge on any atom is 0.309 e. The minimum absolute atomic E-state index is 0.0750. The van der Waals surface area contributed by atoms with Crippen LogP contribution in [0.4, 0.5) is 5.69 Å². The number of piperidine rings is 1. The molecule has 2 aromatic carbocycles. The Morgan fingerprint density at radius 2 is 1.81 bits per heavy atom. The van der Waals surface area contributed by atoms with Gasteiger partial charge in [-0.25, -0.2) is 8.42 Å². The highest BCUT2D eigenvalue weighted by atomic mass is 32.2. The van der Waals surface area contributed by atoms with E-state index in [1.165, 1.54) is 35.7 Å². The van der Waals surface area contributed by atoms with Crippen molar-refractivity contribution >= 4 is 27.6 Å². The lowest BCUT2D eigenvalue weighted by Gasteiger charge is -2.30. The van der Waals surface area contributed by atoms with Crippen LogP contribution < -0.4 is 14.8 Å². The molecule has 1 fully saturated rings. The molecule has 0 bridgehead atoms. The average Bonchev–Trinajstić information content (AvgIpc) is 2.83. The SMILES string of the molecule is COC(=O)[C@H]1CCCN(S(=O)(=O)c2ccc(NC(=O)[C@@H]3COc4ccccc4O3)cc2)C1. The number of esters is 1. The second-order valence-electron chi connectivity index (χ2n) is 7.60. The lowest BCUT2D eigenvalue weighted by Crippen LogP contribution is -2.42. The molecular weight excluding hydrogens is 436 g/mol. The van der Waals surface area contributed by atoms with Gasteiger partial charge in [-0.3, -0.25) is 9.59 Å². The van der Waals surface area contributed by atoms with Crippen LogP contribution in [0.2, 0.25) is 0 Å². The Labute approximate surface area is 186 Å². The van der Waals surface area contributed by atoms with Crippen molar-refractivity contribution in [3.05, 3.63) is 48.5 Å². The molecular formula is C22H24N2O7S.